The maximum absolute atomic E-state index is 4.66. The largest absolute Gasteiger partial charge is 0.181 e. The van der Waals surface area contributed by atoms with Crippen LogP contribution in [0.1, 0.15) is 34.6 Å². The lowest BCUT2D eigenvalue weighted by molar-refractivity contribution is 0.301. The van der Waals surface area contributed by atoms with Crippen molar-refractivity contribution in [2.75, 3.05) is 0 Å². The van der Waals surface area contributed by atoms with Gasteiger partial charge in [-0.2, -0.15) is 12.6 Å². The first-order valence-corrected chi connectivity index (χ1v) is 4.36. The van der Waals surface area contributed by atoms with Crippen molar-refractivity contribution in [2.45, 2.75) is 39.3 Å². The average molecular weight is 158 g/mol. The quantitative estimate of drug-likeness (QED) is 0.437. The van der Waals surface area contributed by atoms with Crippen LogP contribution >= 0.6 is 12.6 Å². The molecule has 0 aromatic rings. The zero-order chi connectivity index (χ0) is 8.58. The van der Waals surface area contributed by atoms with Crippen LogP contribution in [-0.2, 0) is 0 Å². The normalized spacial score (nSPS) is 19.1. The Morgan fingerprint density at radius 3 is 1.50 bits per heavy atom. The van der Waals surface area contributed by atoms with E-state index in [1.165, 1.54) is 0 Å². The summed E-state index contributed by atoms with van der Waals surface area (Å²) in [5.74, 6) is 0.621. The number of hydrogen-bond donors (Lipinski definition) is 1. The summed E-state index contributed by atoms with van der Waals surface area (Å²) in [5.41, 5.74) is 0.282. The summed E-state index contributed by atoms with van der Waals surface area (Å²) < 4.78 is 0.132. The molecule has 0 rings (SSSR count). The first-order valence-electron chi connectivity index (χ1n) is 3.92. The minimum Gasteiger partial charge on any atom is -0.181 e. The summed E-state index contributed by atoms with van der Waals surface area (Å²) in [5, 5.41) is 0. The Bertz CT molecular complexity index is 111. The number of rotatable bonds is 1. The van der Waals surface area contributed by atoms with E-state index >= 15 is 0 Å². The summed E-state index contributed by atoms with van der Waals surface area (Å²) in [4.78, 5) is 0. The van der Waals surface area contributed by atoms with Gasteiger partial charge in [0.05, 0.1) is 0 Å². The summed E-state index contributed by atoms with van der Waals surface area (Å²) >= 11 is 4.66. The molecular weight excluding hydrogens is 139 g/mol. The van der Waals surface area contributed by atoms with Gasteiger partial charge in [0.25, 0.3) is 0 Å². The van der Waals surface area contributed by atoms with E-state index in [1.807, 2.05) is 0 Å². The Hall–Kier alpha value is 0.415. The van der Waals surface area contributed by atoms with E-state index in [0.717, 1.165) is 0 Å². The fraction of sp³-hybridized carbons (Fsp3) is 1.00. The zero-order valence-corrected chi connectivity index (χ0v) is 8.92. The van der Waals surface area contributed by atoms with Crippen molar-refractivity contribution in [1.82, 2.24) is 0 Å². The Labute approximate surface area is 71.6 Å². The van der Waals surface area contributed by atoms with Crippen LogP contribution in [0.5, 0.6) is 0 Å². The Morgan fingerprint density at radius 2 is 1.50 bits per heavy atom. The standard InChI is InChI=1S/C8H19BS/c1-6(2)8(9,10)7(3,4)5/h6,10H,9H2,1-5H3. The highest BCUT2D eigenvalue weighted by Crippen LogP contribution is 2.38. The SMILES string of the molecule is BC(S)(C(C)C)C(C)(C)C. The second-order valence-corrected chi connectivity index (χ2v) is 5.48. The molecule has 0 saturated heterocycles. The van der Waals surface area contributed by atoms with Crippen molar-refractivity contribution in [1.29, 1.82) is 0 Å². The Kier molecular flexibility index (Phi) is 2.92. The molecule has 0 spiro atoms. The summed E-state index contributed by atoms with van der Waals surface area (Å²) in [7, 11) is 2.21. The number of hydrogen-bond acceptors (Lipinski definition) is 1. The molecular formula is C8H19BS. The lowest BCUT2D eigenvalue weighted by atomic mass is 9.62. The van der Waals surface area contributed by atoms with Crippen molar-refractivity contribution in [3.63, 3.8) is 0 Å². The molecule has 0 radical (unpaired) electrons. The average Bonchev–Trinajstić information content (AvgIpc) is 1.62. The van der Waals surface area contributed by atoms with Gasteiger partial charge >= 0.3 is 0 Å². The van der Waals surface area contributed by atoms with Gasteiger partial charge in [0.2, 0.25) is 0 Å². The van der Waals surface area contributed by atoms with E-state index in [0.29, 0.717) is 5.92 Å². The third-order valence-corrected chi connectivity index (χ3v) is 3.83. The topological polar surface area (TPSA) is 0 Å². The van der Waals surface area contributed by atoms with Gasteiger partial charge in [-0.3, -0.25) is 0 Å². The summed E-state index contributed by atoms with van der Waals surface area (Å²) in [6.07, 6.45) is 0. The van der Waals surface area contributed by atoms with Crippen LogP contribution in [0.3, 0.4) is 0 Å². The molecule has 0 fully saturated rings. The molecule has 60 valence electrons. The van der Waals surface area contributed by atoms with Gasteiger partial charge in [0, 0.05) is 0 Å². The molecule has 0 heterocycles. The van der Waals surface area contributed by atoms with E-state index in [2.05, 4.69) is 55.1 Å². The lowest BCUT2D eigenvalue weighted by Gasteiger charge is -2.41. The third-order valence-electron chi connectivity index (χ3n) is 2.64. The van der Waals surface area contributed by atoms with Crippen LogP contribution in [0.25, 0.3) is 0 Å². The second-order valence-electron chi connectivity index (χ2n) is 4.55. The second kappa shape index (κ2) is 2.81. The molecule has 1 atom stereocenters. The monoisotopic (exact) mass is 158 g/mol. The lowest BCUT2D eigenvalue weighted by Crippen LogP contribution is -2.42. The van der Waals surface area contributed by atoms with Crippen LogP contribution in [0.2, 0.25) is 0 Å². The molecule has 0 saturated carbocycles. The molecule has 0 aromatic carbocycles. The van der Waals surface area contributed by atoms with E-state index in [1.54, 1.807) is 0 Å². The Balaban J connectivity index is 4.40. The van der Waals surface area contributed by atoms with Gasteiger partial charge in [-0.25, -0.2) is 0 Å². The van der Waals surface area contributed by atoms with Crippen LogP contribution in [0, 0.1) is 11.3 Å². The summed E-state index contributed by atoms with van der Waals surface area (Å²) in [6, 6.07) is 0. The minimum absolute atomic E-state index is 0.132. The van der Waals surface area contributed by atoms with E-state index in [4.69, 9.17) is 0 Å². The summed E-state index contributed by atoms with van der Waals surface area (Å²) in [6.45, 7) is 11.1. The van der Waals surface area contributed by atoms with Gasteiger partial charge in [0.1, 0.15) is 7.85 Å². The highest BCUT2D eigenvalue weighted by Gasteiger charge is 2.36. The fourth-order valence-electron chi connectivity index (χ4n) is 0.866. The zero-order valence-electron chi connectivity index (χ0n) is 8.02. The van der Waals surface area contributed by atoms with Crippen LogP contribution in [-0.4, -0.2) is 12.5 Å². The molecule has 0 aliphatic rings. The van der Waals surface area contributed by atoms with Gasteiger partial charge in [0.15, 0.2) is 0 Å². The predicted molar refractivity (Wildman–Crippen MR) is 54.6 cm³/mol. The molecule has 0 bridgehead atoms. The molecule has 0 nitrogen and oxygen atoms in total. The molecule has 0 N–H and O–H groups in total. The minimum atomic E-state index is 0.132. The first-order chi connectivity index (χ1) is 4.19. The molecule has 0 aliphatic heterocycles. The smallest absolute Gasteiger partial charge is 0.123 e. The number of thiol groups is 1. The van der Waals surface area contributed by atoms with Crippen LogP contribution < -0.4 is 0 Å². The fourth-order valence-corrected chi connectivity index (χ4v) is 0.866. The molecule has 2 heteroatoms. The van der Waals surface area contributed by atoms with Crippen LogP contribution in [0.15, 0.2) is 0 Å². The van der Waals surface area contributed by atoms with Crippen LogP contribution in [0.4, 0.5) is 0 Å². The van der Waals surface area contributed by atoms with Crippen molar-refractivity contribution >= 4 is 20.5 Å². The van der Waals surface area contributed by atoms with Crippen molar-refractivity contribution in [3.05, 3.63) is 0 Å². The highest BCUT2D eigenvalue weighted by atomic mass is 32.1. The van der Waals surface area contributed by atoms with Crippen molar-refractivity contribution in [3.8, 4) is 0 Å². The molecule has 10 heavy (non-hydrogen) atoms. The molecule has 0 aliphatic carbocycles. The van der Waals surface area contributed by atoms with E-state index in [9.17, 15) is 0 Å². The van der Waals surface area contributed by atoms with Gasteiger partial charge in [-0.1, -0.05) is 34.6 Å². The molecule has 0 aromatic heterocycles. The molecule has 0 amide bonds. The van der Waals surface area contributed by atoms with Gasteiger partial charge in [-0.15, -0.1) is 0 Å². The van der Waals surface area contributed by atoms with Crippen molar-refractivity contribution in [2.24, 2.45) is 11.3 Å². The maximum atomic E-state index is 4.66. The van der Waals surface area contributed by atoms with Gasteiger partial charge < -0.3 is 0 Å². The maximum Gasteiger partial charge on any atom is 0.123 e. The third kappa shape index (κ3) is 1.95. The first kappa shape index (κ1) is 10.4. The predicted octanol–water partition coefficient (Wildman–Crippen LogP) is 1.95. The molecule has 1 unspecified atom stereocenters. The highest BCUT2D eigenvalue weighted by molar-refractivity contribution is 7.83. The van der Waals surface area contributed by atoms with Crippen molar-refractivity contribution < 1.29 is 0 Å². The van der Waals surface area contributed by atoms with Gasteiger partial charge in [-0.05, 0) is 16.0 Å². The van der Waals surface area contributed by atoms with E-state index in [-0.39, 0.29) is 10.1 Å². The van der Waals surface area contributed by atoms with E-state index < -0.39 is 0 Å². The Morgan fingerprint density at radius 1 is 1.20 bits per heavy atom.